The van der Waals surface area contributed by atoms with Crippen molar-refractivity contribution in [3.8, 4) is 11.5 Å². The van der Waals surface area contributed by atoms with E-state index in [1.54, 1.807) is 13.2 Å². The molecular weight excluding hydrogens is 302 g/mol. The fourth-order valence-electron chi connectivity index (χ4n) is 1.86. The zero-order chi connectivity index (χ0) is 13.9. The van der Waals surface area contributed by atoms with E-state index in [4.69, 9.17) is 20.3 Å². The van der Waals surface area contributed by atoms with Crippen molar-refractivity contribution in [1.82, 2.24) is 0 Å². The smallest absolute Gasteiger partial charge is 0.305 e. The second-order valence-electron chi connectivity index (χ2n) is 3.84. The van der Waals surface area contributed by atoms with E-state index in [1.165, 1.54) is 7.11 Å². The van der Waals surface area contributed by atoms with Crippen molar-refractivity contribution in [2.24, 2.45) is 5.73 Å². The van der Waals surface area contributed by atoms with Gasteiger partial charge < -0.3 is 20.3 Å². The topological polar surface area (TPSA) is 81.8 Å². The number of methoxy groups -OCH3 is 2. The minimum atomic E-state index is -0.950. The first-order chi connectivity index (χ1) is 8.42. The normalized spacial score (nSPS) is 12.1. The first-order valence-corrected chi connectivity index (χ1v) is 6.10. The van der Waals surface area contributed by atoms with Gasteiger partial charge in [0, 0.05) is 17.2 Å². The largest absolute Gasteiger partial charge is 0.496 e. The number of carboxylic acid groups (broad SMARTS) is 1. The van der Waals surface area contributed by atoms with E-state index in [0.29, 0.717) is 17.1 Å². The Morgan fingerprint density at radius 3 is 2.44 bits per heavy atom. The van der Waals surface area contributed by atoms with Gasteiger partial charge >= 0.3 is 5.97 Å². The standard InChI is InChI=1S/C12H16BrNO4/c1-6-11(17-2)7(9(14)5-10(15)16)4-8(13)12(6)18-3/h4,9H,5,14H2,1-3H3,(H,15,16). The second-order valence-corrected chi connectivity index (χ2v) is 4.70. The van der Waals surface area contributed by atoms with Gasteiger partial charge in [-0.25, -0.2) is 0 Å². The van der Waals surface area contributed by atoms with Crippen molar-refractivity contribution >= 4 is 21.9 Å². The van der Waals surface area contributed by atoms with Gasteiger partial charge in [-0.1, -0.05) is 0 Å². The summed E-state index contributed by atoms with van der Waals surface area (Å²) in [5.74, 6) is 0.260. The molecule has 0 amide bonds. The molecule has 0 saturated heterocycles. The molecule has 0 fully saturated rings. The van der Waals surface area contributed by atoms with Gasteiger partial charge in [-0.05, 0) is 28.9 Å². The number of aliphatic carboxylic acids is 1. The van der Waals surface area contributed by atoms with Crippen molar-refractivity contribution < 1.29 is 19.4 Å². The number of nitrogens with two attached hydrogens (primary N) is 1. The summed E-state index contributed by atoms with van der Waals surface area (Å²) in [6, 6.07) is 1.11. The van der Waals surface area contributed by atoms with Crippen molar-refractivity contribution in [2.75, 3.05) is 14.2 Å². The van der Waals surface area contributed by atoms with Gasteiger partial charge in [-0.2, -0.15) is 0 Å². The minimum absolute atomic E-state index is 0.158. The van der Waals surface area contributed by atoms with Gasteiger partial charge in [0.05, 0.1) is 25.1 Å². The fourth-order valence-corrected chi connectivity index (χ4v) is 2.57. The predicted octanol–water partition coefficient (Wildman–Crippen LogP) is 2.25. The van der Waals surface area contributed by atoms with Crippen LogP contribution < -0.4 is 15.2 Å². The minimum Gasteiger partial charge on any atom is -0.496 e. The van der Waals surface area contributed by atoms with Gasteiger partial charge in [0.2, 0.25) is 0 Å². The first-order valence-electron chi connectivity index (χ1n) is 5.30. The van der Waals surface area contributed by atoms with Crippen molar-refractivity contribution in [3.05, 3.63) is 21.7 Å². The maximum Gasteiger partial charge on any atom is 0.305 e. The zero-order valence-electron chi connectivity index (χ0n) is 10.5. The number of halogens is 1. The van der Waals surface area contributed by atoms with Crippen LogP contribution >= 0.6 is 15.9 Å². The molecule has 0 aromatic heterocycles. The molecule has 0 saturated carbocycles. The third-order valence-corrected chi connectivity index (χ3v) is 3.23. The Balaban J connectivity index is 3.31. The van der Waals surface area contributed by atoms with Gasteiger partial charge in [-0.3, -0.25) is 4.79 Å². The molecule has 0 heterocycles. The highest BCUT2D eigenvalue weighted by atomic mass is 79.9. The van der Waals surface area contributed by atoms with E-state index in [2.05, 4.69) is 15.9 Å². The fraction of sp³-hybridized carbons (Fsp3) is 0.417. The summed E-state index contributed by atoms with van der Waals surface area (Å²) in [4.78, 5) is 10.7. The van der Waals surface area contributed by atoms with Crippen LogP contribution in [0.1, 0.15) is 23.6 Å². The molecule has 0 aliphatic heterocycles. The van der Waals surface area contributed by atoms with Gasteiger partial charge in [0.1, 0.15) is 11.5 Å². The van der Waals surface area contributed by atoms with Crippen LogP contribution in [0.4, 0.5) is 0 Å². The second kappa shape index (κ2) is 6.06. The Hall–Kier alpha value is -1.27. The Morgan fingerprint density at radius 2 is 2.00 bits per heavy atom. The van der Waals surface area contributed by atoms with E-state index in [9.17, 15) is 4.79 Å². The molecule has 18 heavy (non-hydrogen) atoms. The predicted molar refractivity (Wildman–Crippen MR) is 71.2 cm³/mol. The van der Waals surface area contributed by atoms with Crippen LogP contribution in [-0.2, 0) is 4.79 Å². The van der Waals surface area contributed by atoms with Crippen molar-refractivity contribution in [3.63, 3.8) is 0 Å². The highest BCUT2D eigenvalue weighted by Gasteiger charge is 2.21. The molecule has 1 unspecified atom stereocenters. The lowest BCUT2D eigenvalue weighted by molar-refractivity contribution is -0.137. The molecule has 1 rings (SSSR count). The number of carboxylic acids is 1. The molecule has 6 heteroatoms. The summed E-state index contributed by atoms with van der Waals surface area (Å²) in [5.41, 5.74) is 7.31. The molecule has 0 aliphatic carbocycles. The van der Waals surface area contributed by atoms with E-state index in [0.717, 1.165) is 10.0 Å². The number of carbonyl (C=O) groups is 1. The molecule has 0 bridgehead atoms. The zero-order valence-corrected chi connectivity index (χ0v) is 12.1. The Morgan fingerprint density at radius 1 is 1.44 bits per heavy atom. The lowest BCUT2D eigenvalue weighted by atomic mass is 10.00. The van der Waals surface area contributed by atoms with Crippen LogP contribution in [0.2, 0.25) is 0 Å². The van der Waals surface area contributed by atoms with Crippen molar-refractivity contribution in [2.45, 2.75) is 19.4 Å². The molecule has 5 nitrogen and oxygen atoms in total. The quantitative estimate of drug-likeness (QED) is 0.870. The SMILES string of the molecule is COc1c(Br)cc(C(N)CC(=O)O)c(OC)c1C. The monoisotopic (exact) mass is 317 g/mol. The third-order valence-electron chi connectivity index (χ3n) is 2.64. The average Bonchev–Trinajstić information content (AvgIpc) is 2.28. The number of rotatable bonds is 5. The van der Waals surface area contributed by atoms with Crippen LogP contribution in [-0.4, -0.2) is 25.3 Å². The maximum atomic E-state index is 10.7. The van der Waals surface area contributed by atoms with Crippen LogP contribution in [0.15, 0.2) is 10.5 Å². The summed E-state index contributed by atoms with van der Waals surface area (Å²) in [6.07, 6.45) is -0.158. The molecular formula is C12H16BrNO4. The molecule has 0 spiro atoms. The Kier molecular flexibility index (Phi) is 4.98. The van der Waals surface area contributed by atoms with Gasteiger partial charge in [0.15, 0.2) is 0 Å². The third kappa shape index (κ3) is 2.94. The molecule has 3 N–H and O–H groups in total. The number of benzene rings is 1. The molecule has 1 aromatic rings. The molecule has 0 aliphatic rings. The van der Waals surface area contributed by atoms with Gasteiger partial charge in [0.25, 0.3) is 0 Å². The van der Waals surface area contributed by atoms with E-state index < -0.39 is 12.0 Å². The van der Waals surface area contributed by atoms with Crippen LogP contribution in [0.25, 0.3) is 0 Å². The van der Waals surface area contributed by atoms with Crippen LogP contribution in [0, 0.1) is 6.92 Å². The summed E-state index contributed by atoms with van der Waals surface area (Å²) in [6.45, 7) is 1.83. The molecule has 1 atom stereocenters. The van der Waals surface area contributed by atoms with E-state index >= 15 is 0 Å². The summed E-state index contributed by atoms with van der Waals surface area (Å²) >= 11 is 3.37. The molecule has 1 aromatic carbocycles. The summed E-state index contributed by atoms with van der Waals surface area (Å²) < 4.78 is 11.3. The highest BCUT2D eigenvalue weighted by Crippen LogP contribution is 2.40. The maximum absolute atomic E-state index is 10.7. The first kappa shape index (κ1) is 14.8. The number of hydrogen-bond donors (Lipinski definition) is 2. The van der Waals surface area contributed by atoms with Crippen LogP contribution in [0.3, 0.4) is 0 Å². The lowest BCUT2D eigenvalue weighted by Gasteiger charge is -2.19. The Labute approximate surface area is 114 Å². The summed E-state index contributed by atoms with van der Waals surface area (Å²) in [7, 11) is 3.08. The summed E-state index contributed by atoms with van der Waals surface area (Å²) in [5, 5.41) is 8.79. The van der Waals surface area contributed by atoms with Crippen LogP contribution in [0.5, 0.6) is 11.5 Å². The number of hydrogen-bond acceptors (Lipinski definition) is 4. The van der Waals surface area contributed by atoms with Gasteiger partial charge in [-0.15, -0.1) is 0 Å². The molecule has 100 valence electrons. The number of ether oxygens (including phenoxy) is 2. The highest BCUT2D eigenvalue weighted by molar-refractivity contribution is 9.10. The van der Waals surface area contributed by atoms with E-state index in [1.807, 2.05) is 6.92 Å². The lowest BCUT2D eigenvalue weighted by Crippen LogP contribution is -2.16. The average molecular weight is 318 g/mol. The molecule has 0 radical (unpaired) electrons. The Bertz CT molecular complexity index is 462. The van der Waals surface area contributed by atoms with E-state index in [-0.39, 0.29) is 6.42 Å². The van der Waals surface area contributed by atoms with Crippen molar-refractivity contribution in [1.29, 1.82) is 0 Å².